The number of ether oxygens (including phenoxy) is 1. The standard InChI is InChI=1S/C20H31NO2/c1-13(2)19(14(3)4)21-20(22)15(5)23-18-11-10-16-8-6-7-9-17(16)12-18/h10-15,19H,6-9H2,1-5H3,(H,21,22). The van der Waals surface area contributed by atoms with Gasteiger partial charge in [0.15, 0.2) is 6.10 Å². The predicted octanol–water partition coefficient (Wildman–Crippen LogP) is 4.13. The summed E-state index contributed by atoms with van der Waals surface area (Å²) < 4.78 is 5.89. The molecular formula is C20H31NO2. The van der Waals surface area contributed by atoms with Crippen LogP contribution in [-0.2, 0) is 17.6 Å². The highest BCUT2D eigenvalue weighted by Crippen LogP contribution is 2.26. The van der Waals surface area contributed by atoms with E-state index < -0.39 is 6.10 Å². The molecule has 0 saturated carbocycles. The summed E-state index contributed by atoms with van der Waals surface area (Å²) in [7, 11) is 0. The molecule has 0 spiro atoms. The zero-order chi connectivity index (χ0) is 17.0. The van der Waals surface area contributed by atoms with Gasteiger partial charge >= 0.3 is 0 Å². The minimum absolute atomic E-state index is 0.0323. The molecule has 1 atom stereocenters. The van der Waals surface area contributed by atoms with Crippen LogP contribution in [0, 0.1) is 11.8 Å². The highest BCUT2D eigenvalue weighted by atomic mass is 16.5. The van der Waals surface area contributed by atoms with Crippen LogP contribution in [0.5, 0.6) is 5.75 Å². The molecule has 0 saturated heterocycles. The van der Waals surface area contributed by atoms with Gasteiger partial charge in [-0.3, -0.25) is 4.79 Å². The summed E-state index contributed by atoms with van der Waals surface area (Å²) in [4.78, 5) is 12.4. The van der Waals surface area contributed by atoms with E-state index in [1.54, 1.807) is 0 Å². The van der Waals surface area contributed by atoms with Crippen LogP contribution >= 0.6 is 0 Å². The third-order valence-electron chi connectivity index (χ3n) is 4.75. The van der Waals surface area contributed by atoms with Crippen molar-refractivity contribution < 1.29 is 9.53 Å². The van der Waals surface area contributed by atoms with E-state index in [-0.39, 0.29) is 11.9 Å². The second-order valence-corrected chi connectivity index (χ2v) is 7.42. The van der Waals surface area contributed by atoms with Crippen LogP contribution in [0.25, 0.3) is 0 Å². The number of hydrogen-bond acceptors (Lipinski definition) is 2. The number of aryl methyl sites for hydroxylation is 2. The van der Waals surface area contributed by atoms with Gasteiger partial charge in [-0.1, -0.05) is 33.8 Å². The number of carbonyl (C=O) groups excluding carboxylic acids is 1. The molecule has 0 bridgehead atoms. The molecular weight excluding hydrogens is 286 g/mol. The molecule has 0 radical (unpaired) electrons. The Labute approximate surface area is 140 Å². The first-order valence-electron chi connectivity index (χ1n) is 8.97. The van der Waals surface area contributed by atoms with Crippen molar-refractivity contribution in [3.63, 3.8) is 0 Å². The minimum Gasteiger partial charge on any atom is -0.481 e. The fourth-order valence-electron chi connectivity index (χ4n) is 3.43. The molecule has 1 unspecified atom stereocenters. The smallest absolute Gasteiger partial charge is 0.261 e. The Morgan fingerprint density at radius 2 is 1.61 bits per heavy atom. The monoisotopic (exact) mass is 317 g/mol. The fraction of sp³-hybridized carbons (Fsp3) is 0.650. The van der Waals surface area contributed by atoms with Crippen LogP contribution in [-0.4, -0.2) is 18.1 Å². The minimum atomic E-state index is -0.475. The zero-order valence-corrected chi connectivity index (χ0v) is 15.2. The number of fused-ring (bicyclic) bond motifs is 1. The molecule has 1 aliphatic rings. The third kappa shape index (κ3) is 4.73. The van der Waals surface area contributed by atoms with E-state index in [0.29, 0.717) is 11.8 Å². The van der Waals surface area contributed by atoms with Crippen molar-refractivity contribution in [2.75, 3.05) is 0 Å². The second kappa shape index (κ2) is 7.85. The van der Waals surface area contributed by atoms with Gasteiger partial charge in [-0.15, -0.1) is 0 Å². The molecule has 0 aliphatic heterocycles. The predicted molar refractivity (Wildman–Crippen MR) is 94.8 cm³/mol. The van der Waals surface area contributed by atoms with Crippen LogP contribution < -0.4 is 10.1 Å². The molecule has 2 rings (SSSR count). The Hall–Kier alpha value is -1.51. The summed E-state index contributed by atoms with van der Waals surface area (Å²) >= 11 is 0. The highest BCUT2D eigenvalue weighted by molar-refractivity contribution is 5.81. The van der Waals surface area contributed by atoms with Gasteiger partial charge in [-0.2, -0.15) is 0 Å². The topological polar surface area (TPSA) is 38.3 Å². The Morgan fingerprint density at radius 3 is 2.22 bits per heavy atom. The van der Waals surface area contributed by atoms with Crippen molar-refractivity contribution in [3.8, 4) is 5.75 Å². The van der Waals surface area contributed by atoms with Gasteiger partial charge in [0.2, 0.25) is 0 Å². The lowest BCUT2D eigenvalue weighted by Gasteiger charge is -2.27. The van der Waals surface area contributed by atoms with Crippen LogP contribution in [0.2, 0.25) is 0 Å². The normalized spacial score (nSPS) is 15.7. The number of carbonyl (C=O) groups is 1. The molecule has 0 fully saturated rings. The Morgan fingerprint density at radius 1 is 1.00 bits per heavy atom. The average Bonchev–Trinajstić information content (AvgIpc) is 2.51. The number of rotatable bonds is 6. The van der Waals surface area contributed by atoms with Gasteiger partial charge in [0.25, 0.3) is 5.91 Å². The molecule has 1 aromatic rings. The maximum Gasteiger partial charge on any atom is 0.261 e. The van der Waals surface area contributed by atoms with Crippen molar-refractivity contribution in [2.45, 2.75) is 72.4 Å². The number of amides is 1. The van der Waals surface area contributed by atoms with E-state index >= 15 is 0 Å². The van der Waals surface area contributed by atoms with Crippen molar-refractivity contribution >= 4 is 5.91 Å². The molecule has 3 heteroatoms. The van der Waals surface area contributed by atoms with E-state index in [2.05, 4.69) is 45.1 Å². The quantitative estimate of drug-likeness (QED) is 0.856. The average molecular weight is 317 g/mol. The van der Waals surface area contributed by atoms with E-state index in [0.717, 1.165) is 18.6 Å². The maximum atomic E-state index is 12.4. The summed E-state index contributed by atoms with van der Waals surface area (Å²) in [6, 6.07) is 6.44. The van der Waals surface area contributed by atoms with Crippen molar-refractivity contribution in [3.05, 3.63) is 29.3 Å². The molecule has 128 valence electrons. The molecule has 23 heavy (non-hydrogen) atoms. The van der Waals surface area contributed by atoms with Crippen LogP contribution in [0.1, 0.15) is 58.6 Å². The van der Waals surface area contributed by atoms with Crippen molar-refractivity contribution in [2.24, 2.45) is 11.8 Å². The summed E-state index contributed by atoms with van der Waals surface area (Å²) in [5, 5.41) is 3.13. The second-order valence-electron chi connectivity index (χ2n) is 7.42. The molecule has 3 nitrogen and oxygen atoms in total. The maximum absolute atomic E-state index is 12.4. The van der Waals surface area contributed by atoms with E-state index in [1.807, 2.05) is 13.0 Å². The lowest BCUT2D eigenvalue weighted by molar-refractivity contribution is -0.128. The van der Waals surface area contributed by atoms with E-state index in [4.69, 9.17) is 4.74 Å². The molecule has 0 aromatic heterocycles. The third-order valence-corrected chi connectivity index (χ3v) is 4.75. The Balaban J connectivity index is 1.98. The molecule has 1 amide bonds. The van der Waals surface area contributed by atoms with Crippen LogP contribution in [0.4, 0.5) is 0 Å². The molecule has 1 aliphatic carbocycles. The van der Waals surface area contributed by atoms with E-state index in [9.17, 15) is 4.79 Å². The Bertz CT molecular complexity index is 528. The summed E-state index contributed by atoms with van der Waals surface area (Å²) in [6.07, 6.45) is 4.33. The molecule has 1 N–H and O–H groups in total. The number of hydrogen-bond donors (Lipinski definition) is 1. The zero-order valence-electron chi connectivity index (χ0n) is 15.2. The number of nitrogens with one attached hydrogen (secondary N) is 1. The molecule has 1 aromatic carbocycles. The first-order valence-corrected chi connectivity index (χ1v) is 8.97. The van der Waals surface area contributed by atoms with Crippen LogP contribution in [0.15, 0.2) is 18.2 Å². The number of benzene rings is 1. The highest BCUT2D eigenvalue weighted by Gasteiger charge is 2.23. The van der Waals surface area contributed by atoms with Gasteiger partial charge in [0, 0.05) is 6.04 Å². The Kier molecular flexibility index (Phi) is 6.09. The SMILES string of the molecule is CC(Oc1ccc2c(c1)CCCC2)C(=O)NC(C(C)C)C(C)C. The van der Waals surface area contributed by atoms with E-state index in [1.165, 1.54) is 24.0 Å². The first kappa shape index (κ1) is 17.8. The van der Waals surface area contributed by atoms with Gasteiger partial charge in [0.05, 0.1) is 0 Å². The van der Waals surface area contributed by atoms with Gasteiger partial charge in [-0.05, 0) is 67.7 Å². The fourth-order valence-corrected chi connectivity index (χ4v) is 3.43. The molecule has 0 heterocycles. The van der Waals surface area contributed by atoms with Gasteiger partial charge in [0.1, 0.15) is 5.75 Å². The lowest BCUT2D eigenvalue weighted by atomic mass is 9.92. The summed E-state index contributed by atoms with van der Waals surface area (Å²) in [5.74, 6) is 1.60. The van der Waals surface area contributed by atoms with Crippen LogP contribution in [0.3, 0.4) is 0 Å². The van der Waals surface area contributed by atoms with Crippen molar-refractivity contribution in [1.82, 2.24) is 5.32 Å². The summed E-state index contributed by atoms with van der Waals surface area (Å²) in [5.41, 5.74) is 2.81. The largest absolute Gasteiger partial charge is 0.481 e. The van der Waals surface area contributed by atoms with Gasteiger partial charge in [-0.25, -0.2) is 0 Å². The van der Waals surface area contributed by atoms with Gasteiger partial charge < -0.3 is 10.1 Å². The summed E-state index contributed by atoms with van der Waals surface area (Å²) in [6.45, 7) is 10.4. The van der Waals surface area contributed by atoms with Crippen molar-refractivity contribution in [1.29, 1.82) is 0 Å². The lowest BCUT2D eigenvalue weighted by Crippen LogP contribution is -2.47. The first-order chi connectivity index (χ1) is 10.9.